The van der Waals surface area contributed by atoms with Crippen molar-refractivity contribution in [2.24, 2.45) is 5.92 Å². The maximum atomic E-state index is 12.1. The monoisotopic (exact) mass is 388 g/mol. The van der Waals surface area contributed by atoms with E-state index in [0.717, 1.165) is 41.9 Å². The number of halogens is 1. The molecule has 2 unspecified atom stereocenters. The lowest BCUT2D eigenvalue weighted by atomic mass is 9.85. The van der Waals surface area contributed by atoms with E-state index in [1.807, 2.05) is 29.6 Å². The SMILES string of the molecule is N#CC1CCCCC1NC(=O)NCCc1csc(-c2ccc(Cl)cc2)n1. The number of nitriles is 1. The Morgan fingerprint density at radius 2 is 2.08 bits per heavy atom. The molecule has 2 N–H and O–H groups in total. The van der Waals surface area contributed by atoms with Crippen LogP contribution in [0.3, 0.4) is 0 Å². The summed E-state index contributed by atoms with van der Waals surface area (Å²) >= 11 is 7.49. The molecular weight excluding hydrogens is 368 g/mol. The molecular formula is C19H21ClN4OS. The minimum absolute atomic E-state index is 0.0375. The van der Waals surface area contributed by atoms with Crippen molar-refractivity contribution in [1.29, 1.82) is 5.26 Å². The predicted octanol–water partition coefficient (Wildman–Crippen LogP) is 4.39. The van der Waals surface area contributed by atoms with Gasteiger partial charge in [-0.05, 0) is 25.0 Å². The second kappa shape index (κ2) is 9.02. The number of carbonyl (C=O) groups excluding carboxylic acids is 1. The number of nitrogens with one attached hydrogen (secondary N) is 2. The molecule has 7 heteroatoms. The lowest BCUT2D eigenvalue weighted by Crippen LogP contribution is -2.46. The van der Waals surface area contributed by atoms with Crippen molar-refractivity contribution in [1.82, 2.24) is 15.6 Å². The smallest absolute Gasteiger partial charge is 0.315 e. The van der Waals surface area contributed by atoms with Crippen LogP contribution >= 0.6 is 22.9 Å². The number of hydrogen-bond donors (Lipinski definition) is 2. The van der Waals surface area contributed by atoms with Crippen LogP contribution in [-0.4, -0.2) is 23.6 Å². The van der Waals surface area contributed by atoms with Crippen LogP contribution in [-0.2, 0) is 6.42 Å². The molecule has 0 saturated heterocycles. The summed E-state index contributed by atoms with van der Waals surface area (Å²) in [6.07, 6.45) is 4.55. The summed E-state index contributed by atoms with van der Waals surface area (Å²) in [6, 6.07) is 9.67. The lowest BCUT2D eigenvalue weighted by molar-refractivity contribution is 0.227. The Morgan fingerprint density at radius 3 is 2.85 bits per heavy atom. The number of benzene rings is 1. The molecule has 1 aliphatic rings. The first-order valence-corrected chi connectivity index (χ1v) is 10.1. The molecule has 1 aromatic carbocycles. The Balaban J connectivity index is 1.45. The summed E-state index contributed by atoms with van der Waals surface area (Å²) in [6.45, 7) is 0.513. The highest BCUT2D eigenvalue weighted by Crippen LogP contribution is 2.25. The van der Waals surface area contributed by atoms with Gasteiger partial charge in [0.1, 0.15) is 5.01 Å². The van der Waals surface area contributed by atoms with Gasteiger partial charge in [0.25, 0.3) is 0 Å². The van der Waals surface area contributed by atoms with Crippen LogP contribution in [0.25, 0.3) is 10.6 Å². The first-order chi connectivity index (χ1) is 12.7. The van der Waals surface area contributed by atoms with Crippen molar-refractivity contribution in [3.63, 3.8) is 0 Å². The third-order valence-electron chi connectivity index (χ3n) is 4.56. The van der Waals surface area contributed by atoms with Crippen LogP contribution in [0.15, 0.2) is 29.6 Å². The molecule has 1 aliphatic carbocycles. The van der Waals surface area contributed by atoms with E-state index in [1.54, 1.807) is 11.3 Å². The molecule has 1 aromatic heterocycles. The molecule has 0 bridgehead atoms. The first-order valence-electron chi connectivity index (χ1n) is 8.80. The van der Waals surface area contributed by atoms with Gasteiger partial charge in [0.2, 0.25) is 0 Å². The van der Waals surface area contributed by atoms with Crippen molar-refractivity contribution in [2.45, 2.75) is 38.1 Å². The Labute approximate surface area is 162 Å². The van der Waals surface area contributed by atoms with Crippen molar-refractivity contribution in [3.8, 4) is 16.6 Å². The predicted molar refractivity (Wildman–Crippen MR) is 104 cm³/mol. The number of amides is 2. The minimum Gasteiger partial charge on any atom is -0.338 e. The Hall–Kier alpha value is -2.10. The third-order valence-corrected chi connectivity index (χ3v) is 5.75. The standard InChI is InChI=1S/C19H21ClN4OS/c20-15-7-5-13(6-8-15)18-23-16(12-26-18)9-10-22-19(25)24-17-4-2-1-3-14(17)11-21/h5-8,12,14,17H,1-4,9-10H2,(H2,22,24,25). The van der Waals surface area contributed by atoms with Crippen LogP contribution in [0, 0.1) is 17.2 Å². The fraction of sp³-hybridized carbons (Fsp3) is 0.421. The number of aromatic nitrogens is 1. The quantitative estimate of drug-likeness (QED) is 0.797. The zero-order valence-electron chi connectivity index (χ0n) is 14.4. The molecule has 136 valence electrons. The second-order valence-electron chi connectivity index (χ2n) is 6.43. The van der Waals surface area contributed by atoms with Gasteiger partial charge in [0, 0.05) is 35.0 Å². The fourth-order valence-corrected chi connectivity index (χ4v) is 4.11. The van der Waals surface area contributed by atoms with Crippen molar-refractivity contribution in [2.75, 3.05) is 6.54 Å². The van der Waals surface area contributed by atoms with E-state index in [9.17, 15) is 10.1 Å². The highest BCUT2D eigenvalue weighted by atomic mass is 35.5. The molecule has 0 aliphatic heterocycles. The van der Waals surface area contributed by atoms with Crippen LogP contribution in [0.2, 0.25) is 5.02 Å². The van der Waals surface area contributed by atoms with E-state index in [2.05, 4.69) is 21.7 Å². The molecule has 1 saturated carbocycles. The molecule has 0 spiro atoms. The molecule has 1 fully saturated rings. The number of carbonyl (C=O) groups is 1. The summed E-state index contributed by atoms with van der Waals surface area (Å²) in [5.74, 6) is -0.0741. The highest BCUT2D eigenvalue weighted by molar-refractivity contribution is 7.13. The van der Waals surface area contributed by atoms with E-state index < -0.39 is 0 Å². The molecule has 2 aromatic rings. The van der Waals surface area contributed by atoms with Crippen molar-refractivity contribution >= 4 is 29.0 Å². The molecule has 1 heterocycles. The Kier molecular flexibility index (Phi) is 6.48. The number of nitrogens with zero attached hydrogens (tertiary/aromatic N) is 2. The number of rotatable bonds is 5. The molecule has 0 radical (unpaired) electrons. The van der Waals surface area contributed by atoms with Gasteiger partial charge < -0.3 is 10.6 Å². The average molecular weight is 389 g/mol. The second-order valence-corrected chi connectivity index (χ2v) is 7.72. The fourth-order valence-electron chi connectivity index (χ4n) is 3.13. The van der Waals surface area contributed by atoms with Crippen molar-refractivity contribution < 1.29 is 4.79 Å². The van der Waals surface area contributed by atoms with Gasteiger partial charge in [0.05, 0.1) is 17.7 Å². The summed E-state index contributed by atoms with van der Waals surface area (Å²) < 4.78 is 0. The van der Waals surface area contributed by atoms with Crippen LogP contribution < -0.4 is 10.6 Å². The average Bonchev–Trinajstić information content (AvgIpc) is 3.11. The van der Waals surface area contributed by atoms with E-state index in [1.165, 1.54) is 0 Å². The van der Waals surface area contributed by atoms with E-state index in [0.29, 0.717) is 18.0 Å². The normalized spacial score (nSPS) is 19.5. The number of thiazole rings is 1. The van der Waals surface area contributed by atoms with Gasteiger partial charge in [-0.3, -0.25) is 0 Å². The Bertz CT molecular complexity index is 784. The van der Waals surface area contributed by atoms with Gasteiger partial charge in [-0.25, -0.2) is 9.78 Å². The van der Waals surface area contributed by atoms with Gasteiger partial charge in [0.15, 0.2) is 0 Å². The first kappa shape index (κ1) is 18.7. The van der Waals surface area contributed by atoms with E-state index in [4.69, 9.17) is 11.6 Å². The molecule has 5 nitrogen and oxygen atoms in total. The summed E-state index contributed by atoms with van der Waals surface area (Å²) in [4.78, 5) is 16.7. The van der Waals surface area contributed by atoms with Gasteiger partial charge >= 0.3 is 6.03 Å². The number of urea groups is 1. The van der Waals surface area contributed by atoms with E-state index >= 15 is 0 Å². The number of hydrogen-bond acceptors (Lipinski definition) is 4. The maximum absolute atomic E-state index is 12.1. The molecule has 26 heavy (non-hydrogen) atoms. The summed E-state index contributed by atoms with van der Waals surface area (Å²) in [5, 5.41) is 18.6. The van der Waals surface area contributed by atoms with Crippen LogP contribution in [0.4, 0.5) is 4.79 Å². The highest BCUT2D eigenvalue weighted by Gasteiger charge is 2.26. The zero-order chi connectivity index (χ0) is 18.4. The van der Waals surface area contributed by atoms with Gasteiger partial charge in [-0.15, -0.1) is 11.3 Å². The van der Waals surface area contributed by atoms with Crippen LogP contribution in [0.5, 0.6) is 0 Å². The topological polar surface area (TPSA) is 77.8 Å². The summed E-state index contributed by atoms with van der Waals surface area (Å²) in [5.41, 5.74) is 1.99. The minimum atomic E-state index is -0.203. The third kappa shape index (κ3) is 4.96. The lowest BCUT2D eigenvalue weighted by Gasteiger charge is -2.27. The van der Waals surface area contributed by atoms with Gasteiger partial charge in [-0.1, -0.05) is 36.6 Å². The molecule has 3 rings (SSSR count). The summed E-state index contributed by atoms with van der Waals surface area (Å²) in [7, 11) is 0. The molecule has 2 atom stereocenters. The zero-order valence-corrected chi connectivity index (χ0v) is 15.9. The largest absolute Gasteiger partial charge is 0.338 e. The van der Waals surface area contributed by atoms with Crippen LogP contribution in [0.1, 0.15) is 31.4 Å². The Morgan fingerprint density at radius 1 is 1.31 bits per heavy atom. The molecule has 2 amide bonds. The van der Waals surface area contributed by atoms with E-state index in [-0.39, 0.29) is 18.0 Å². The van der Waals surface area contributed by atoms with Gasteiger partial charge in [-0.2, -0.15) is 5.26 Å². The van der Waals surface area contributed by atoms with Crippen molar-refractivity contribution in [3.05, 3.63) is 40.4 Å². The maximum Gasteiger partial charge on any atom is 0.315 e.